The van der Waals surface area contributed by atoms with Gasteiger partial charge in [0.05, 0.1) is 18.2 Å². The van der Waals surface area contributed by atoms with Crippen LogP contribution in [0, 0.1) is 5.92 Å². The minimum absolute atomic E-state index is 0.00793. The number of benzene rings is 1. The zero-order valence-electron chi connectivity index (χ0n) is 13.9. The number of ether oxygens (including phenoxy) is 1. The first-order valence-corrected chi connectivity index (χ1v) is 7.51. The fourth-order valence-electron chi connectivity index (χ4n) is 1.76. The lowest BCUT2D eigenvalue weighted by molar-refractivity contribution is -0.136. The lowest BCUT2D eigenvalue weighted by Crippen LogP contribution is -2.35. The van der Waals surface area contributed by atoms with Crippen LogP contribution in [-0.2, 0) is 11.2 Å². The van der Waals surface area contributed by atoms with E-state index in [4.69, 9.17) is 15.7 Å². The van der Waals surface area contributed by atoms with Crippen molar-refractivity contribution >= 4 is 11.7 Å². The van der Waals surface area contributed by atoms with Crippen molar-refractivity contribution in [1.82, 2.24) is 5.12 Å². The summed E-state index contributed by atoms with van der Waals surface area (Å²) in [4.78, 5) is 10.9. The first-order valence-electron chi connectivity index (χ1n) is 7.51. The molecule has 6 nitrogen and oxygen atoms in total. The van der Waals surface area contributed by atoms with Gasteiger partial charge >= 0.3 is 5.97 Å². The maximum absolute atomic E-state index is 10.9. The zero-order chi connectivity index (χ0) is 17.4. The predicted octanol–water partition coefficient (Wildman–Crippen LogP) is 2.45. The molecule has 0 saturated heterocycles. The molecule has 23 heavy (non-hydrogen) atoms. The quantitative estimate of drug-likeness (QED) is 0.316. The van der Waals surface area contributed by atoms with Crippen LogP contribution < -0.4 is 10.6 Å². The highest BCUT2D eigenvalue weighted by atomic mass is 16.5. The Hall–Kier alpha value is -2.34. The van der Waals surface area contributed by atoms with Gasteiger partial charge in [-0.3, -0.25) is 4.79 Å². The van der Waals surface area contributed by atoms with Crippen LogP contribution in [0.15, 0.2) is 42.0 Å². The molecule has 1 unspecified atom stereocenters. The lowest BCUT2D eigenvalue weighted by Gasteiger charge is -2.21. The third-order valence-electron chi connectivity index (χ3n) is 3.34. The van der Waals surface area contributed by atoms with Crippen molar-refractivity contribution in [2.24, 2.45) is 16.9 Å². The van der Waals surface area contributed by atoms with Crippen molar-refractivity contribution < 1.29 is 14.6 Å². The highest BCUT2D eigenvalue weighted by molar-refractivity contribution is 5.89. The van der Waals surface area contributed by atoms with Crippen molar-refractivity contribution in [2.75, 3.05) is 6.61 Å². The summed E-state index contributed by atoms with van der Waals surface area (Å²) in [6.07, 6.45) is 1.67. The highest BCUT2D eigenvalue weighted by Gasteiger charge is 2.13. The summed E-state index contributed by atoms with van der Waals surface area (Å²) >= 11 is 0. The maximum Gasteiger partial charge on any atom is 0.307 e. The van der Waals surface area contributed by atoms with Crippen LogP contribution in [0.5, 0.6) is 5.75 Å². The minimum atomic E-state index is -0.901. The molecule has 0 amide bonds. The average Bonchev–Trinajstić information content (AvgIpc) is 2.50. The van der Waals surface area contributed by atoms with E-state index in [0.29, 0.717) is 11.3 Å². The molecule has 0 aliphatic carbocycles. The van der Waals surface area contributed by atoms with Crippen LogP contribution in [0.4, 0.5) is 0 Å². The van der Waals surface area contributed by atoms with E-state index in [-0.39, 0.29) is 25.0 Å². The van der Waals surface area contributed by atoms with Gasteiger partial charge < -0.3 is 9.84 Å². The third kappa shape index (κ3) is 6.12. The van der Waals surface area contributed by atoms with Crippen molar-refractivity contribution in [2.45, 2.75) is 33.2 Å². The number of nitrogens with zero attached hydrogens (tertiary/aromatic N) is 2. The monoisotopic (exact) mass is 319 g/mol. The predicted molar refractivity (Wildman–Crippen MR) is 91.2 cm³/mol. The number of allylic oxidation sites excluding steroid dienone is 1. The molecule has 0 aromatic heterocycles. The molecule has 3 N–H and O–H groups in total. The Kier molecular flexibility index (Phi) is 7.28. The van der Waals surface area contributed by atoms with Gasteiger partial charge in [0.15, 0.2) is 0 Å². The minimum Gasteiger partial charge on any atom is -0.487 e. The normalized spacial score (nSPS) is 12.8. The van der Waals surface area contributed by atoms with E-state index in [1.807, 2.05) is 20.8 Å². The Balaban J connectivity index is 2.91. The summed E-state index contributed by atoms with van der Waals surface area (Å²) in [5.41, 5.74) is 1.35. The summed E-state index contributed by atoms with van der Waals surface area (Å²) in [6.45, 7) is 9.80. The third-order valence-corrected chi connectivity index (χ3v) is 3.34. The second kappa shape index (κ2) is 8.95. The van der Waals surface area contributed by atoms with Crippen LogP contribution in [-0.4, -0.2) is 34.6 Å². The topological polar surface area (TPSA) is 88.2 Å². The van der Waals surface area contributed by atoms with Crippen molar-refractivity contribution in [3.8, 4) is 5.75 Å². The van der Waals surface area contributed by atoms with Gasteiger partial charge in [0.2, 0.25) is 0 Å². The van der Waals surface area contributed by atoms with Crippen LogP contribution >= 0.6 is 0 Å². The number of nitrogens with two attached hydrogens (primary N) is 1. The fourth-order valence-corrected chi connectivity index (χ4v) is 1.76. The van der Waals surface area contributed by atoms with Gasteiger partial charge in [-0.25, -0.2) is 11.0 Å². The van der Waals surface area contributed by atoms with E-state index in [1.54, 1.807) is 30.3 Å². The molecule has 0 radical (unpaired) electrons. The molecule has 126 valence electrons. The number of carboxylic acid groups (broad SMARTS) is 1. The molecule has 1 rings (SSSR count). The zero-order valence-corrected chi connectivity index (χ0v) is 13.9. The molecule has 0 bridgehead atoms. The van der Waals surface area contributed by atoms with Crippen LogP contribution in [0.2, 0.25) is 0 Å². The molecule has 6 heteroatoms. The molecular formula is C17H25N3O3. The van der Waals surface area contributed by atoms with Crippen molar-refractivity contribution in [1.29, 1.82) is 0 Å². The van der Waals surface area contributed by atoms with Gasteiger partial charge in [-0.15, -0.1) is 6.58 Å². The Morgan fingerprint density at radius 1 is 1.43 bits per heavy atom. The number of carbonyl (C=O) groups is 1. The number of hydrazone groups is 1. The van der Waals surface area contributed by atoms with Gasteiger partial charge in [0, 0.05) is 11.5 Å². The molecular weight excluding hydrogens is 294 g/mol. The average molecular weight is 319 g/mol. The Labute approximate surface area is 137 Å². The van der Waals surface area contributed by atoms with E-state index in [9.17, 15) is 4.79 Å². The number of para-hydroxylation sites is 1. The van der Waals surface area contributed by atoms with Crippen molar-refractivity contribution in [3.63, 3.8) is 0 Å². The number of rotatable bonds is 9. The summed E-state index contributed by atoms with van der Waals surface area (Å²) < 4.78 is 5.78. The molecule has 1 atom stereocenters. The molecule has 1 aromatic carbocycles. The fraction of sp³-hybridized carbons (Fsp3) is 0.412. The Morgan fingerprint density at radius 3 is 2.65 bits per heavy atom. The van der Waals surface area contributed by atoms with Gasteiger partial charge in [-0.05, 0) is 19.9 Å². The summed E-state index contributed by atoms with van der Waals surface area (Å²) in [6, 6.07) is 7.13. The number of hydrogen-bond acceptors (Lipinski definition) is 5. The standard InChI is InChI=1S/C17H25N3O3/c1-5-13(4)15(19-20(18)12(2)3)11-23-16-9-7-6-8-14(16)10-17(21)22/h5-9,12-13H,1,10-11,18H2,2-4H3,(H,21,22)/b19-15-. The summed E-state index contributed by atoms with van der Waals surface area (Å²) in [7, 11) is 0. The van der Waals surface area contributed by atoms with E-state index in [2.05, 4.69) is 11.7 Å². The van der Waals surface area contributed by atoms with E-state index >= 15 is 0 Å². The molecule has 0 aliphatic rings. The first kappa shape index (κ1) is 18.7. The van der Waals surface area contributed by atoms with Crippen molar-refractivity contribution in [3.05, 3.63) is 42.5 Å². The Morgan fingerprint density at radius 2 is 2.09 bits per heavy atom. The molecule has 0 fully saturated rings. The molecule has 0 spiro atoms. The number of hydrazine groups is 1. The second-order valence-corrected chi connectivity index (χ2v) is 5.56. The SMILES string of the molecule is C=CC(C)/C(COc1ccccc1CC(=O)O)=N\N(N)C(C)C. The second-order valence-electron chi connectivity index (χ2n) is 5.56. The summed E-state index contributed by atoms with van der Waals surface area (Å²) in [5, 5.41) is 14.7. The van der Waals surface area contributed by atoms with Gasteiger partial charge in [0.1, 0.15) is 12.4 Å². The molecule has 0 heterocycles. The maximum atomic E-state index is 10.9. The first-order chi connectivity index (χ1) is 10.8. The van der Waals surface area contributed by atoms with E-state index in [1.165, 1.54) is 5.12 Å². The smallest absolute Gasteiger partial charge is 0.307 e. The summed E-state index contributed by atoms with van der Waals surface area (Å²) in [5.74, 6) is 5.48. The van der Waals surface area contributed by atoms with E-state index < -0.39 is 5.97 Å². The number of hydrogen-bond donors (Lipinski definition) is 2. The molecule has 0 saturated carbocycles. The van der Waals surface area contributed by atoms with Gasteiger partial charge in [0.25, 0.3) is 0 Å². The number of carboxylic acids is 1. The highest BCUT2D eigenvalue weighted by Crippen LogP contribution is 2.19. The van der Waals surface area contributed by atoms with Crippen LogP contribution in [0.1, 0.15) is 26.3 Å². The largest absolute Gasteiger partial charge is 0.487 e. The van der Waals surface area contributed by atoms with Crippen LogP contribution in [0.3, 0.4) is 0 Å². The van der Waals surface area contributed by atoms with Gasteiger partial charge in [-0.1, -0.05) is 31.2 Å². The lowest BCUT2D eigenvalue weighted by atomic mass is 10.1. The Bertz CT molecular complexity index is 570. The van der Waals surface area contributed by atoms with E-state index in [0.717, 1.165) is 5.71 Å². The number of aliphatic carboxylic acids is 1. The van der Waals surface area contributed by atoms with Crippen LogP contribution in [0.25, 0.3) is 0 Å². The molecule has 1 aromatic rings. The molecule has 0 aliphatic heterocycles. The van der Waals surface area contributed by atoms with Gasteiger partial charge in [-0.2, -0.15) is 5.10 Å².